The van der Waals surface area contributed by atoms with Crippen LogP contribution < -0.4 is 5.32 Å². The summed E-state index contributed by atoms with van der Waals surface area (Å²) in [6.07, 6.45) is 3.30. The zero-order chi connectivity index (χ0) is 12.8. The highest BCUT2D eigenvalue weighted by Crippen LogP contribution is 2.05. The van der Waals surface area contributed by atoms with Gasteiger partial charge in [0, 0.05) is 6.08 Å². The molecule has 92 valence electrons. The maximum absolute atomic E-state index is 11.6. The van der Waals surface area contributed by atoms with Crippen molar-refractivity contribution in [2.45, 2.75) is 13.5 Å². The smallest absolute Gasteiger partial charge is 0.244 e. The normalized spacial score (nSPS) is 10.7. The molecule has 3 heteroatoms. The van der Waals surface area contributed by atoms with Crippen molar-refractivity contribution in [3.63, 3.8) is 0 Å². The van der Waals surface area contributed by atoms with E-state index in [4.69, 9.17) is 4.42 Å². The summed E-state index contributed by atoms with van der Waals surface area (Å²) in [7, 11) is 0. The van der Waals surface area contributed by atoms with Crippen molar-refractivity contribution < 1.29 is 9.21 Å². The van der Waals surface area contributed by atoms with Crippen LogP contribution in [0.2, 0.25) is 0 Å². The average molecular weight is 241 g/mol. The zero-order valence-electron chi connectivity index (χ0n) is 10.2. The quantitative estimate of drug-likeness (QED) is 0.836. The van der Waals surface area contributed by atoms with Crippen LogP contribution in [0.25, 0.3) is 6.08 Å². The van der Waals surface area contributed by atoms with Crippen LogP contribution in [-0.4, -0.2) is 5.91 Å². The maximum Gasteiger partial charge on any atom is 0.244 e. The number of nitrogens with one attached hydrogen (secondary N) is 1. The van der Waals surface area contributed by atoms with Crippen LogP contribution in [0.4, 0.5) is 0 Å². The summed E-state index contributed by atoms with van der Waals surface area (Å²) in [5.41, 5.74) is 1.00. The summed E-state index contributed by atoms with van der Waals surface area (Å²) in [5.74, 6) is 1.47. The Kier molecular flexibility index (Phi) is 3.97. The molecule has 18 heavy (non-hydrogen) atoms. The average Bonchev–Trinajstić information content (AvgIpc) is 2.81. The number of hydrogen-bond acceptors (Lipinski definition) is 2. The lowest BCUT2D eigenvalue weighted by Gasteiger charge is -1.98. The largest absolute Gasteiger partial charge is 0.465 e. The molecule has 0 radical (unpaired) electrons. The minimum Gasteiger partial charge on any atom is -0.465 e. The van der Waals surface area contributed by atoms with Gasteiger partial charge in [-0.05, 0) is 30.7 Å². The van der Waals surface area contributed by atoms with Crippen molar-refractivity contribution in [1.82, 2.24) is 5.32 Å². The number of benzene rings is 1. The molecule has 3 nitrogen and oxygen atoms in total. The number of hydrogen-bond donors (Lipinski definition) is 1. The summed E-state index contributed by atoms with van der Waals surface area (Å²) >= 11 is 0. The van der Waals surface area contributed by atoms with E-state index in [0.29, 0.717) is 6.54 Å². The van der Waals surface area contributed by atoms with E-state index in [1.165, 1.54) is 6.08 Å². The molecule has 0 saturated carbocycles. The Morgan fingerprint density at radius 1 is 1.22 bits per heavy atom. The molecule has 0 aliphatic heterocycles. The van der Waals surface area contributed by atoms with Gasteiger partial charge in [-0.25, -0.2) is 0 Å². The van der Waals surface area contributed by atoms with Crippen molar-refractivity contribution in [2.75, 3.05) is 0 Å². The first-order valence-corrected chi connectivity index (χ1v) is 5.80. The van der Waals surface area contributed by atoms with E-state index < -0.39 is 0 Å². The lowest BCUT2D eigenvalue weighted by Crippen LogP contribution is -2.19. The number of carbonyl (C=O) groups is 1. The van der Waals surface area contributed by atoms with Crippen LogP contribution >= 0.6 is 0 Å². The molecule has 2 aromatic rings. The molecule has 0 spiro atoms. The topological polar surface area (TPSA) is 42.2 Å². The van der Waals surface area contributed by atoms with Gasteiger partial charge in [0.2, 0.25) is 5.91 Å². The lowest BCUT2D eigenvalue weighted by molar-refractivity contribution is -0.116. The van der Waals surface area contributed by atoms with Crippen molar-refractivity contribution in [3.8, 4) is 0 Å². The summed E-state index contributed by atoms with van der Waals surface area (Å²) in [5, 5.41) is 2.76. The van der Waals surface area contributed by atoms with E-state index in [9.17, 15) is 4.79 Å². The van der Waals surface area contributed by atoms with Gasteiger partial charge < -0.3 is 9.73 Å². The minimum absolute atomic E-state index is 0.132. The van der Waals surface area contributed by atoms with E-state index in [1.54, 1.807) is 6.08 Å². The van der Waals surface area contributed by atoms with Crippen molar-refractivity contribution in [3.05, 3.63) is 65.6 Å². The Morgan fingerprint density at radius 3 is 2.67 bits per heavy atom. The molecule has 1 heterocycles. The van der Waals surface area contributed by atoms with Crippen LogP contribution in [-0.2, 0) is 11.3 Å². The second kappa shape index (κ2) is 5.87. The highest BCUT2D eigenvalue weighted by Gasteiger charge is 2.00. The Bertz CT molecular complexity index is 541. The Morgan fingerprint density at radius 2 is 2.00 bits per heavy atom. The molecule has 1 aromatic heterocycles. The Balaban J connectivity index is 1.84. The van der Waals surface area contributed by atoms with Crippen LogP contribution in [0.3, 0.4) is 0 Å². The Labute approximate surface area is 106 Å². The summed E-state index contributed by atoms with van der Waals surface area (Å²) in [4.78, 5) is 11.6. The molecule has 0 unspecified atom stereocenters. The summed E-state index contributed by atoms with van der Waals surface area (Å²) in [6.45, 7) is 2.28. The summed E-state index contributed by atoms with van der Waals surface area (Å²) < 4.78 is 5.36. The van der Waals surface area contributed by atoms with Gasteiger partial charge in [-0.15, -0.1) is 0 Å². The van der Waals surface area contributed by atoms with Crippen LogP contribution in [0.1, 0.15) is 17.1 Å². The fraction of sp³-hybridized carbons (Fsp3) is 0.133. The predicted octanol–water partition coefficient (Wildman–Crippen LogP) is 2.92. The minimum atomic E-state index is -0.132. The van der Waals surface area contributed by atoms with Gasteiger partial charge in [-0.3, -0.25) is 4.79 Å². The van der Waals surface area contributed by atoms with Gasteiger partial charge in [0.1, 0.15) is 11.5 Å². The van der Waals surface area contributed by atoms with Crippen LogP contribution in [0.5, 0.6) is 0 Å². The number of aryl methyl sites for hydroxylation is 1. The van der Waals surface area contributed by atoms with Gasteiger partial charge in [0.05, 0.1) is 6.54 Å². The molecular weight excluding hydrogens is 226 g/mol. The second-order valence-corrected chi connectivity index (χ2v) is 3.97. The van der Waals surface area contributed by atoms with E-state index >= 15 is 0 Å². The van der Waals surface area contributed by atoms with Gasteiger partial charge >= 0.3 is 0 Å². The second-order valence-electron chi connectivity index (χ2n) is 3.97. The lowest BCUT2D eigenvalue weighted by atomic mass is 10.2. The number of amides is 1. The van der Waals surface area contributed by atoms with E-state index in [1.807, 2.05) is 49.4 Å². The third-order valence-corrected chi connectivity index (χ3v) is 2.46. The molecule has 0 bridgehead atoms. The standard InChI is InChI=1S/C15H15NO2/c1-12-7-9-14(18-12)11-16-15(17)10-8-13-5-3-2-4-6-13/h2-10H,11H2,1H3,(H,16,17). The highest BCUT2D eigenvalue weighted by molar-refractivity contribution is 5.91. The number of carbonyl (C=O) groups excluding carboxylic acids is 1. The predicted molar refractivity (Wildman–Crippen MR) is 70.8 cm³/mol. The molecule has 1 N–H and O–H groups in total. The molecule has 0 fully saturated rings. The zero-order valence-corrected chi connectivity index (χ0v) is 10.2. The van der Waals surface area contributed by atoms with Gasteiger partial charge in [-0.2, -0.15) is 0 Å². The third-order valence-electron chi connectivity index (χ3n) is 2.46. The highest BCUT2D eigenvalue weighted by atomic mass is 16.3. The molecule has 0 aliphatic carbocycles. The van der Waals surface area contributed by atoms with Crippen LogP contribution in [0.15, 0.2) is 53.0 Å². The molecule has 1 amide bonds. The molecule has 0 atom stereocenters. The Hall–Kier alpha value is -2.29. The maximum atomic E-state index is 11.6. The third kappa shape index (κ3) is 3.63. The SMILES string of the molecule is Cc1ccc(CNC(=O)C=Cc2ccccc2)o1. The fourth-order valence-electron chi connectivity index (χ4n) is 1.55. The van der Waals surface area contributed by atoms with Crippen molar-refractivity contribution >= 4 is 12.0 Å². The van der Waals surface area contributed by atoms with Crippen molar-refractivity contribution in [1.29, 1.82) is 0 Å². The van der Waals surface area contributed by atoms with Crippen LogP contribution in [0, 0.1) is 6.92 Å². The fourth-order valence-corrected chi connectivity index (χ4v) is 1.55. The molecule has 2 rings (SSSR count). The van der Waals surface area contributed by atoms with Gasteiger partial charge in [0.25, 0.3) is 0 Å². The van der Waals surface area contributed by atoms with Crippen molar-refractivity contribution in [2.24, 2.45) is 0 Å². The number of rotatable bonds is 4. The first-order chi connectivity index (χ1) is 8.74. The first-order valence-electron chi connectivity index (χ1n) is 5.80. The molecule has 0 aliphatic rings. The monoisotopic (exact) mass is 241 g/mol. The molecule has 1 aromatic carbocycles. The number of furan rings is 1. The first kappa shape index (κ1) is 12.2. The van der Waals surface area contributed by atoms with Gasteiger partial charge in [-0.1, -0.05) is 30.3 Å². The molecule has 0 saturated heterocycles. The van der Waals surface area contributed by atoms with E-state index in [2.05, 4.69) is 5.32 Å². The summed E-state index contributed by atoms with van der Waals surface area (Å²) in [6, 6.07) is 13.4. The van der Waals surface area contributed by atoms with E-state index in [0.717, 1.165) is 17.1 Å². The van der Waals surface area contributed by atoms with Gasteiger partial charge in [0.15, 0.2) is 0 Å². The molecular formula is C15H15NO2. The van der Waals surface area contributed by atoms with E-state index in [-0.39, 0.29) is 5.91 Å².